The van der Waals surface area contributed by atoms with Gasteiger partial charge in [-0.15, -0.1) is 11.3 Å². The maximum Gasteiger partial charge on any atom is 0.240 e. The molecule has 0 unspecified atom stereocenters. The van der Waals surface area contributed by atoms with Crippen LogP contribution in [0.3, 0.4) is 0 Å². The summed E-state index contributed by atoms with van der Waals surface area (Å²) in [7, 11) is 0. The monoisotopic (exact) mass is 444 g/mol. The number of amides is 1. The van der Waals surface area contributed by atoms with Crippen molar-refractivity contribution in [2.75, 3.05) is 38.0 Å². The van der Waals surface area contributed by atoms with Gasteiger partial charge in [0.05, 0.1) is 12.2 Å². The molecule has 0 atom stereocenters. The quantitative estimate of drug-likeness (QED) is 0.613. The second-order valence-corrected chi connectivity index (χ2v) is 8.57. The fourth-order valence-electron chi connectivity index (χ4n) is 3.45. The number of piperazine rings is 1. The summed E-state index contributed by atoms with van der Waals surface area (Å²) in [5.74, 6) is -0.269. The van der Waals surface area contributed by atoms with Crippen LogP contribution in [0.4, 0.5) is 9.52 Å². The molecule has 5 nitrogen and oxygen atoms in total. The molecular formula is C22H22ClFN4OS. The molecule has 2 heterocycles. The van der Waals surface area contributed by atoms with Crippen molar-refractivity contribution in [3.8, 4) is 11.3 Å². The third kappa shape index (κ3) is 5.64. The molecule has 8 heteroatoms. The van der Waals surface area contributed by atoms with E-state index in [1.165, 1.54) is 17.4 Å². The number of rotatable bonds is 6. The highest BCUT2D eigenvalue weighted by Crippen LogP contribution is 2.26. The molecule has 0 radical (unpaired) electrons. The molecule has 1 saturated heterocycles. The molecule has 0 bridgehead atoms. The van der Waals surface area contributed by atoms with Gasteiger partial charge in [-0.2, -0.15) is 0 Å². The Bertz CT molecular complexity index is 1000. The Kier molecular flexibility index (Phi) is 6.74. The topological polar surface area (TPSA) is 48.5 Å². The number of carbonyl (C=O) groups is 1. The van der Waals surface area contributed by atoms with Crippen molar-refractivity contribution in [2.24, 2.45) is 0 Å². The van der Waals surface area contributed by atoms with Crippen molar-refractivity contribution in [1.29, 1.82) is 0 Å². The molecule has 30 heavy (non-hydrogen) atoms. The van der Waals surface area contributed by atoms with Crippen molar-refractivity contribution in [2.45, 2.75) is 6.54 Å². The highest BCUT2D eigenvalue weighted by molar-refractivity contribution is 7.14. The molecule has 0 saturated carbocycles. The molecule has 0 aliphatic carbocycles. The maximum absolute atomic E-state index is 13.3. The van der Waals surface area contributed by atoms with E-state index in [9.17, 15) is 9.18 Å². The van der Waals surface area contributed by atoms with Gasteiger partial charge in [-0.3, -0.25) is 14.6 Å². The number of halogens is 2. The van der Waals surface area contributed by atoms with Crippen LogP contribution in [0, 0.1) is 5.82 Å². The summed E-state index contributed by atoms with van der Waals surface area (Å²) in [5.41, 5.74) is 2.75. The Hall–Kier alpha value is -2.32. The Morgan fingerprint density at radius 2 is 1.83 bits per heavy atom. The predicted molar refractivity (Wildman–Crippen MR) is 119 cm³/mol. The second kappa shape index (κ2) is 9.66. The number of hydrogen-bond donors (Lipinski definition) is 1. The minimum absolute atomic E-state index is 0.0643. The van der Waals surface area contributed by atoms with Crippen molar-refractivity contribution in [1.82, 2.24) is 14.8 Å². The first-order valence-corrected chi connectivity index (χ1v) is 11.0. The third-order valence-corrected chi connectivity index (χ3v) is 6.03. The predicted octanol–water partition coefficient (Wildman–Crippen LogP) is 4.36. The van der Waals surface area contributed by atoms with Crippen LogP contribution < -0.4 is 5.32 Å². The Balaban J connectivity index is 1.24. The Morgan fingerprint density at radius 3 is 2.57 bits per heavy atom. The summed E-state index contributed by atoms with van der Waals surface area (Å²) in [5, 5.41) is 6.09. The fourth-order valence-corrected chi connectivity index (χ4v) is 4.31. The van der Waals surface area contributed by atoms with Gasteiger partial charge in [0.25, 0.3) is 0 Å². The molecule has 1 amide bonds. The lowest BCUT2D eigenvalue weighted by Gasteiger charge is -2.34. The molecule has 1 aliphatic heterocycles. The van der Waals surface area contributed by atoms with E-state index in [2.05, 4.69) is 20.1 Å². The first kappa shape index (κ1) is 20.9. The molecule has 1 aliphatic rings. The van der Waals surface area contributed by atoms with Gasteiger partial charge in [0, 0.05) is 48.7 Å². The SMILES string of the molecule is O=C(CN1CCN(Cc2cccc(F)c2)CC1)Nc1nc(-c2ccc(Cl)cc2)cs1. The van der Waals surface area contributed by atoms with Crippen LogP contribution in [0.15, 0.2) is 53.9 Å². The number of anilines is 1. The lowest BCUT2D eigenvalue weighted by atomic mass is 10.2. The van der Waals surface area contributed by atoms with Crippen LogP contribution >= 0.6 is 22.9 Å². The molecule has 1 fully saturated rings. The van der Waals surface area contributed by atoms with Gasteiger partial charge in [-0.05, 0) is 29.8 Å². The zero-order valence-electron chi connectivity index (χ0n) is 16.4. The number of benzene rings is 2. The molecule has 156 valence electrons. The first-order valence-electron chi connectivity index (χ1n) is 9.76. The summed E-state index contributed by atoms with van der Waals surface area (Å²) in [6.45, 7) is 4.37. The van der Waals surface area contributed by atoms with Crippen LogP contribution in [0.5, 0.6) is 0 Å². The van der Waals surface area contributed by atoms with Crippen LogP contribution in [-0.2, 0) is 11.3 Å². The van der Waals surface area contributed by atoms with Gasteiger partial charge in [0.2, 0.25) is 5.91 Å². The number of hydrogen-bond acceptors (Lipinski definition) is 5. The standard InChI is InChI=1S/C22H22ClFN4OS/c23-18-6-4-17(5-7-18)20-15-30-22(25-20)26-21(29)14-28-10-8-27(9-11-28)13-16-2-1-3-19(24)12-16/h1-7,12,15H,8-11,13-14H2,(H,25,26,29). The number of thiazole rings is 1. The smallest absolute Gasteiger partial charge is 0.240 e. The lowest BCUT2D eigenvalue weighted by Crippen LogP contribution is -2.48. The number of aromatic nitrogens is 1. The maximum atomic E-state index is 13.3. The van der Waals surface area contributed by atoms with E-state index in [0.717, 1.165) is 49.5 Å². The number of carbonyl (C=O) groups excluding carboxylic acids is 1. The van der Waals surface area contributed by atoms with E-state index >= 15 is 0 Å². The molecule has 2 aromatic carbocycles. The average Bonchev–Trinajstić information content (AvgIpc) is 3.18. The highest BCUT2D eigenvalue weighted by atomic mass is 35.5. The van der Waals surface area contributed by atoms with Crippen LogP contribution in [0.2, 0.25) is 5.02 Å². The van der Waals surface area contributed by atoms with Crippen LogP contribution in [0.1, 0.15) is 5.56 Å². The number of nitrogens with one attached hydrogen (secondary N) is 1. The molecular weight excluding hydrogens is 423 g/mol. The van der Waals surface area contributed by atoms with E-state index in [4.69, 9.17) is 11.6 Å². The summed E-state index contributed by atoms with van der Waals surface area (Å²) >= 11 is 7.33. The molecule has 1 N–H and O–H groups in total. The Morgan fingerprint density at radius 1 is 1.10 bits per heavy atom. The first-order chi connectivity index (χ1) is 14.5. The lowest BCUT2D eigenvalue weighted by molar-refractivity contribution is -0.117. The normalized spacial score (nSPS) is 15.3. The van der Waals surface area contributed by atoms with Crippen molar-refractivity contribution in [3.63, 3.8) is 0 Å². The highest BCUT2D eigenvalue weighted by Gasteiger charge is 2.19. The summed E-state index contributed by atoms with van der Waals surface area (Å²) in [6.07, 6.45) is 0. The zero-order chi connectivity index (χ0) is 20.9. The fraction of sp³-hybridized carbons (Fsp3) is 0.273. The third-order valence-electron chi connectivity index (χ3n) is 5.02. The largest absolute Gasteiger partial charge is 0.301 e. The minimum atomic E-state index is -0.204. The second-order valence-electron chi connectivity index (χ2n) is 7.28. The Labute approximate surface area is 184 Å². The number of nitrogens with zero attached hydrogens (tertiary/aromatic N) is 3. The molecule has 1 aromatic heterocycles. The van der Waals surface area contributed by atoms with Gasteiger partial charge in [-0.25, -0.2) is 9.37 Å². The van der Waals surface area contributed by atoms with Crippen LogP contribution in [-0.4, -0.2) is 53.4 Å². The molecule has 4 rings (SSSR count). The van der Waals surface area contributed by atoms with E-state index in [0.29, 0.717) is 16.7 Å². The van der Waals surface area contributed by atoms with Crippen molar-refractivity contribution < 1.29 is 9.18 Å². The summed E-state index contributed by atoms with van der Waals surface area (Å²) < 4.78 is 13.3. The van der Waals surface area contributed by atoms with Gasteiger partial charge in [-0.1, -0.05) is 35.9 Å². The molecule has 3 aromatic rings. The summed E-state index contributed by atoms with van der Waals surface area (Å²) in [4.78, 5) is 21.3. The van der Waals surface area contributed by atoms with Gasteiger partial charge < -0.3 is 5.32 Å². The van der Waals surface area contributed by atoms with Gasteiger partial charge >= 0.3 is 0 Å². The van der Waals surface area contributed by atoms with Crippen molar-refractivity contribution in [3.05, 3.63) is 70.3 Å². The van der Waals surface area contributed by atoms with E-state index in [1.54, 1.807) is 12.1 Å². The van der Waals surface area contributed by atoms with E-state index < -0.39 is 0 Å². The minimum Gasteiger partial charge on any atom is -0.301 e. The zero-order valence-corrected chi connectivity index (χ0v) is 17.9. The van der Waals surface area contributed by atoms with Crippen molar-refractivity contribution >= 4 is 34.0 Å². The molecule has 0 spiro atoms. The van der Waals surface area contributed by atoms with Gasteiger partial charge in [0.1, 0.15) is 5.82 Å². The van der Waals surface area contributed by atoms with Gasteiger partial charge in [0.15, 0.2) is 5.13 Å². The summed E-state index contributed by atoms with van der Waals surface area (Å²) in [6, 6.07) is 14.2. The van der Waals surface area contributed by atoms with Crippen LogP contribution in [0.25, 0.3) is 11.3 Å². The van der Waals surface area contributed by atoms with E-state index in [-0.39, 0.29) is 11.7 Å². The average molecular weight is 445 g/mol. The van der Waals surface area contributed by atoms with E-state index in [1.807, 2.05) is 35.7 Å².